The van der Waals surface area contributed by atoms with E-state index in [4.69, 9.17) is 5.10 Å². The Balaban J connectivity index is 1.46. The van der Waals surface area contributed by atoms with Crippen LogP contribution in [-0.2, 0) is 7.05 Å². The maximum absolute atomic E-state index is 13.3. The van der Waals surface area contributed by atoms with Crippen molar-refractivity contribution in [2.75, 3.05) is 20.1 Å². The fourth-order valence-corrected chi connectivity index (χ4v) is 4.90. The Morgan fingerprint density at radius 2 is 1.82 bits per heavy atom. The number of benzene rings is 2. The first-order valence-corrected chi connectivity index (χ1v) is 10.1. The molecule has 2 aliphatic rings. The number of carbonyl (C=O) groups is 1. The SMILES string of the molecule is CN1[C@H]2CC[C@@H]1CN(C(=O)c1cccc(-c3nn(C)c4ccccc34)c1)CC2. The molecule has 5 heteroatoms. The van der Waals surface area contributed by atoms with Crippen LogP contribution in [0.1, 0.15) is 29.6 Å². The molecule has 2 aromatic carbocycles. The van der Waals surface area contributed by atoms with Crippen molar-refractivity contribution in [1.29, 1.82) is 0 Å². The lowest BCUT2D eigenvalue weighted by atomic mass is 10.0. The Bertz CT molecular complexity index is 1040. The van der Waals surface area contributed by atoms with E-state index < -0.39 is 0 Å². The van der Waals surface area contributed by atoms with Crippen molar-refractivity contribution in [3.8, 4) is 11.3 Å². The zero-order chi connectivity index (χ0) is 19.3. The molecule has 2 fully saturated rings. The molecule has 0 aliphatic carbocycles. The molecule has 5 rings (SSSR count). The highest BCUT2D eigenvalue weighted by molar-refractivity contribution is 5.98. The quantitative estimate of drug-likeness (QED) is 0.689. The van der Waals surface area contributed by atoms with Crippen LogP contribution in [0, 0.1) is 0 Å². The Morgan fingerprint density at radius 1 is 1.00 bits per heavy atom. The molecular formula is C23H26N4O. The van der Waals surface area contributed by atoms with Gasteiger partial charge < -0.3 is 4.90 Å². The van der Waals surface area contributed by atoms with E-state index in [1.807, 2.05) is 48.1 Å². The molecule has 0 unspecified atom stereocenters. The second kappa shape index (κ2) is 6.74. The minimum Gasteiger partial charge on any atom is -0.337 e. The van der Waals surface area contributed by atoms with Crippen LogP contribution < -0.4 is 0 Å². The molecule has 3 aromatic rings. The number of hydrogen-bond donors (Lipinski definition) is 0. The van der Waals surface area contributed by atoms with Gasteiger partial charge in [-0.2, -0.15) is 5.10 Å². The predicted molar refractivity (Wildman–Crippen MR) is 111 cm³/mol. The van der Waals surface area contributed by atoms with Crippen molar-refractivity contribution in [3.63, 3.8) is 0 Å². The summed E-state index contributed by atoms with van der Waals surface area (Å²) in [6, 6.07) is 17.3. The number of aryl methyl sites for hydroxylation is 1. The second-order valence-corrected chi connectivity index (χ2v) is 8.16. The van der Waals surface area contributed by atoms with Gasteiger partial charge in [0, 0.05) is 48.7 Å². The van der Waals surface area contributed by atoms with Gasteiger partial charge in [-0.3, -0.25) is 14.4 Å². The molecule has 2 saturated heterocycles. The molecule has 1 aromatic heterocycles. The van der Waals surface area contributed by atoms with E-state index in [9.17, 15) is 4.79 Å². The number of likely N-dealkylation sites (tertiary alicyclic amines) is 1. The van der Waals surface area contributed by atoms with Gasteiger partial charge in [0.1, 0.15) is 5.69 Å². The molecule has 5 nitrogen and oxygen atoms in total. The number of carbonyl (C=O) groups excluding carboxylic acids is 1. The Labute approximate surface area is 165 Å². The topological polar surface area (TPSA) is 41.4 Å². The minimum atomic E-state index is 0.142. The van der Waals surface area contributed by atoms with E-state index in [0.29, 0.717) is 12.1 Å². The standard InChI is InChI=1S/C23H26N4O/c1-25-18-10-11-19(25)15-27(13-12-18)23(28)17-7-5-6-16(14-17)22-20-8-3-4-9-21(20)26(2)24-22/h3-9,14,18-19H,10-13,15H2,1-2H3/t18-,19+/m0/s1. The first-order chi connectivity index (χ1) is 13.6. The zero-order valence-electron chi connectivity index (χ0n) is 16.5. The van der Waals surface area contributed by atoms with Crippen LogP contribution >= 0.6 is 0 Å². The van der Waals surface area contributed by atoms with Crippen molar-refractivity contribution in [2.45, 2.75) is 31.3 Å². The van der Waals surface area contributed by atoms with Crippen molar-refractivity contribution < 1.29 is 4.79 Å². The molecule has 28 heavy (non-hydrogen) atoms. The maximum Gasteiger partial charge on any atom is 0.253 e. The molecule has 2 bridgehead atoms. The first kappa shape index (κ1) is 17.4. The number of aromatic nitrogens is 2. The lowest BCUT2D eigenvalue weighted by Crippen LogP contribution is -2.39. The molecule has 0 spiro atoms. The van der Waals surface area contributed by atoms with Crippen LogP contribution in [0.15, 0.2) is 48.5 Å². The molecule has 2 atom stereocenters. The number of rotatable bonds is 2. The van der Waals surface area contributed by atoms with Crippen LogP contribution in [0.2, 0.25) is 0 Å². The summed E-state index contributed by atoms with van der Waals surface area (Å²) in [6.45, 7) is 1.68. The molecule has 2 aliphatic heterocycles. The van der Waals surface area contributed by atoms with E-state index >= 15 is 0 Å². The van der Waals surface area contributed by atoms with E-state index in [-0.39, 0.29) is 5.91 Å². The normalized spacial score (nSPS) is 22.6. The van der Waals surface area contributed by atoms with Gasteiger partial charge in [0.2, 0.25) is 0 Å². The van der Waals surface area contributed by atoms with Gasteiger partial charge in [-0.15, -0.1) is 0 Å². The van der Waals surface area contributed by atoms with Crippen molar-refractivity contribution in [3.05, 3.63) is 54.1 Å². The van der Waals surface area contributed by atoms with Crippen LogP contribution in [-0.4, -0.2) is 57.7 Å². The number of para-hydroxylation sites is 1. The van der Waals surface area contributed by atoms with E-state index in [0.717, 1.165) is 47.2 Å². The fraction of sp³-hybridized carbons (Fsp3) is 0.391. The highest BCUT2D eigenvalue weighted by Crippen LogP contribution is 2.31. The number of hydrogen-bond acceptors (Lipinski definition) is 3. The van der Waals surface area contributed by atoms with Crippen LogP contribution in [0.3, 0.4) is 0 Å². The molecule has 0 saturated carbocycles. The molecular weight excluding hydrogens is 348 g/mol. The lowest BCUT2D eigenvalue weighted by molar-refractivity contribution is 0.0740. The zero-order valence-corrected chi connectivity index (χ0v) is 16.5. The monoisotopic (exact) mass is 374 g/mol. The number of amides is 1. The molecule has 0 radical (unpaired) electrons. The molecule has 1 amide bonds. The largest absolute Gasteiger partial charge is 0.337 e. The van der Waals surface area contributed by atoms with Gasteiger partial charge in [0.05, 0.1) is 5.52 Å². The van der Waals surface area contributed by atoms with Gasteiger partial charge in [-0.25, -0.2) is 0 Å². The average Bonchev–Trinajstić information content (AvgIpc) is 3.17. The predicted octanol–water partition coefficient (Wildman–Crippen LogP) is 3.55. The second-order valence-electron chi connectivity index (χ2n) is 8.16. The third-order valence-corrected chi connectivity index (χ3v) is 6.58. The van der Waals surface area contributed by atoms with E-state index in [1.165, 1.54) is 12.8 Å². The maximum atomic E-state index is 13.3. The first-order valence-electron chi connectivity index (χ1n) is 10.1. The van der Waals surface area contributed by atoms with Crippen molar-refractivity contribution in [2.24, 2.45) is 7.05 Å². The summed E-state index contributed by atoms with van der Waals surface area (Å²) in [6.07, 6.45) is 3.54. The Morgan fingerprint density at radius 3 is 2.71 bits per heavy atom. The lowest BCUT2D eigenvalue weighted by Gasteiger charge is -2.26. The van der Waals surface area contributed by atoms with Crippen molar-refractivity contribution in [1.82, 2.24) is 19.6 Å². The fourth-order valence-electron chi connectivity index (χ4n) is 4.90. The smallest absolute Gasteiger partial charge is 0.253 e. The molecule has 0 N–H and O–H groups in total. The summed E-state index contributed by atoms with van der Waals surface area (Å²) in [5.41, 5.74) is 3.78. The van der Waals surface area contributed by atoms with Crippen LogP contribution in [0.5, 0.6) is 0 Å². The third kappa shape index (κ3) is 2.81. The summed E-state index contributed by atoms with van der Waals surface area (Å²) >= 11 is 0. The van der Waals surface area contributed by atoms with Gasteiger partial charge in [-0.1, -0.05) is 30.3 Å². The van der Waals surface area contributed by atoms with Crippen LogP contribution in [0.25, 0.3) is 22.2 Å². The third-order valence-electron chi connectivity index (χ3n) is 6.58. The van der Waals surface area contributed by atoms with Gasteiger partial charge in [0.25, 0.3) is 5.91 Å². The summed E-state index contributed by atoms with van der Waals surface area (Å²) in [4.78, 5) is 17.8. The van der Waals surface area contributed by atoms with Gasteiger partial charge >= 0.3 is 0 Å². The van der Waals surface area contributed by atoms with E-state index in [1.54, 1.807) is 0 Å². The summed E-state index contributed by atoms with van der Waals surface area (Å²) in [7, 11) is 4.17. The summed E-state index contributed by atoms with van der Waals surface area (Å²) in [5, 5.41) is 5.83. The highest BCUT2D eigenvalue weighted by atomic mass is 16.2. The van der Waals surface area contributed by atoms with Gasteiger partial charge in [0.15, 0.2) is 0 Å². The summed E-state index contributed by atoms with van der Waals surface area (Å²) < 4.78 is 1.90. The Hall–Kier alpha value is -2.66. The number of likely N-dealkylation sites (N-methyl/N-ethyl adjacent to an activating group) is 1. The minimum absolute atomic E-state index is 0.142. The number of fused-ring (bicyclic) bond motifs is 3. The summed E-state index contributed by atoms with van der Waals surface area (Å²) in [5.74, 6) is 0.142. The van der Waals surface area contributed by atoms with Crippen LogP contribution in [0.4, 0.5) is 0 Å². The number of nitrogens with zero attached hydrogens (tertiary/aromatic N) is 4. The Kier molecular flexibility index (Phi) is 4.20. The van der Waals surface area contributed by atoms with Crippen molar-refractivity contribution >= 4 is 16.8 Å². The van der Waals surface area contributed by atoms with E-state index in [2.05, 4.69) is 29.0 Å². The molecule has 144 valence electrons. The average molecular weight is 374 g/mol. The highest BCUT2D eigenvalue weighted by Gasteiger charge is 2.36. The molecule has 3 heterocycles. The van der Waals surface area contributed by atoms with Gasteiger partial charge in [-0.05, 0) is 44.5 Å².